The van der Waals surface area contributed by atoms with Crippen LogP contribution in [-0.4, -0.2) is 23.3 Å². The molecule has 0 radical (unpaired) electrons. The highest BCUT2D eigenvalue weighted by atomic mass is 16.5. The molecule has 0 spiro atoms. The van der Waals surface area contributed by atoms with E-state index in [1.807, 2.05) is 6.92 Å². The monoisotopic (exact) mass is 484 g/mol. The van der Waals surface area contributed by atoms with Crippen LogP contribution in [0.3, 0.4) is 0 Å². The first-order chi connectivity index (χ1) is 16.2. The molecule has 0 aliphatic heterocycles. The Hall–Kier alpha value is -1.09. The Bertz CT molecular complexity index is 872. The molecule has 0 aromatic heterocycles. The minimum Gasteiger partial charge on any atom is -0.462 e. The molecule has 4 aliphatic rings. The van der Waals surface area contributed by atoms with Crippen molar-refractivity contribution in [1.29, 1.82) is 0 Å². The van der Waals surface area contributed by atoms with Crippen LogP contribution in [0.25, 0.3) is 0 Å². The molecule has 1 N–H and O–H groups in total. The van der Waals surface area contributed by atoms with Gasteiger partial charge in [0.25, 0.3) is 0 Å². The molecule has 3 nitrogen and oxygen atoms in total. The zero-order chi connectivity index (χ0) is 26.0. The number of ether oxygens (including phenoxy) is 1. The minimum absolute atomic E-state index is 0.0222. The third-order valence-electron chi connectivity index (χ3n) is 12.5. The summed E-state index contributed by atoms with van der Waals surface area (Å²) in [4.78, 5) is 11.8. The van der Waals surface area contributed by atoms with Crippen LogP contribution in [0.2, 0.25) is 0 Å². The standard InChI is InChI=1S/C32H52O3/c1-20(2)25(34)12-10-21(3)23-14-18-31(8)24(23)11-13-27-30(7)17-16-28(35-22(4)33)29(5,6)26(30)15-19-32(27,31)9/h23-28,34H,1,3,10-19H2,2,4-9H3/t23-,24-,25-,26+,27-,28+,30+,31-,32-/m1/s1. The SMILES string of the molecule is C=C(C)[C@H](O)CCC(=C)[C@H]1CC[C@]2(C)[C@@H]1CC[C@@H]1[C@@]3(C)CC[C@H](OC(C)=O)C(C)(C)[C@@H]3CC[C@]12C. The summed E-state index contributed by atoms with van der Waals surface area (Å²) < 4.78 is 5.87. The fourth-order valence-electron chi connectivity index (χ4n) is 10.4. The van der Waals surface area contributed by atoms with E-state index in [1.54, 1.807) is 6.92 Å². The highest BCUT2D eigenvalue weighted by Crippen LogP contribution is 2.75. The number of aliphatic hydroxyl groups excluding tert-OH is 1. The van der Waals surface area contributed by atoms with Crippen molar-refractivity contribution in [2.45, 2.75) is 125 Å². The van der Waals surface area contributed by atoms with Gasteiger partial charge in [-0.05, 0) is 111 Å². The Labute approximate surface area is 215 Å². The van der Waals surface area contributed by atoms with Crippen molar-refractivity contribution in [3.05, 3.63) is 24.3 Å². The smallest absolute Gasteiger partial charge is 0.302 e. The molecular formula is C32H52O3. The molecule has 4 aliphatic carbocycles. The second kappa shape index (κ2) is 9.03. The highest BCUT2D eigenvalue weighted by molar-refractivity contribution is 5.66. The van der Waals surface area contributed by atoms with E-state index in [2.05, 4.69) is 47.8 Å². The van der Waals surface area contributed by atoms with Crippen LogP contribution in [0.15, 0.2) is 24.3 Å². The molecule has 0 amide bonds. The summed E-state index contributed by atoms with van der Waals surface area (Å²) in [6.45, 7) is 24.6. The van der Waals surface area contributed by atoms with Crippen LogP contribution in [0.4, 0.5) is 0 Å². The number of rotatable bonds is 6. The second-order valence-corrected chi connectivity index (χ2v) is 14.3. The number of allylic oxidation sites excluding steroid dienone is 1. The van der Waals surface area contributed by atoms with Crippen LogP contribution in [0.5, 0.6) is 0 Å². The minimum atomic E-state index is -0.409. The fourth-order valence-corrected chi connectivity index (χ4v) is 10.4. The first-order valence-electron chi connectivity index (χ1n) is 14.4. The average Bonchev–Trinajstić information content (AvgIpc) is 3.12. The highest BCUT2D eigenvalue weighted by Gasteiger charge is 2.68. The molecule has 4 saturated carbocycles. The number of carbonyl (C=O) groups is 1. The molecule has 0 aromatic rings. The average molecular weight is 485 g/mol. The molecule has 0 unspecified atom stereocenters. The van der Waals surface area contributed by atoms with Crippen molar-refractivity contribution in [2.75, 3.05) is 0 Å². The lowest BCUT2D eigenvalue weighted by Crippen LogP contribution is -2.64. The molecule has 0 saturated heterocycles. The number of fused-ring (bicyclic) bond motifs is 5. The lowest BCUT2D eigenvalue weighted by Gasteiger charge is -2.70. The van der Waals surface area contributed by atoms with Crippen molar-refractivity contribution in [1.82, 2.24) is 0 Å². The van der Waals surface area contributed by atoms with Gasteiger partial charge in [0.1, 0.15) is 6.10 Å². The summed E-state index contributed by atoms with van der Waals surface area (Å²) in [6, 6.07) is 0. The summed E-state index contributed by atoms with van der Waals surface area (Å²) in [5.41, 5.74) is 3.25. The van der Waals surface area contributed by atoms with E-state index in [-0.39, 0.29) is 17.5 Å². The Morgan fingerprint density at radius 2 is 1.57 bits per heavy atom. The van der Waals surface area contributed by atoms with E-state index in [4.69, 9.17) is 4.74 Å². The third-order valence-corrected chi connectivity index (χ3v) is 12.5. The van der Waals surface area contributed by atoms with E-state index in [1.165, 1.54) is 50.5 Å². The van der Waals surface area contributed by atoms with E-state index in [0.29, 0.717) is 34.0 Å². The maximum atomic E-state index is 11.8. The van der Waals surface area contributed by atoms with Gasteiger partial charge in [0.05, 0.1) is 6.10 Å². The molecule has 9 atom stereocenters. The van der Waals surface area contributed by atoms with Gasteiger partial charge < -0.3 is 9.84 Å². The van der Waals surface area contributed by atoms with Crippen molar-refractivity contribution in [3.63, 3.8) is 0 Å². The number of aliphatic hydroxyl groups is 1. The Morgan fingerprint density at radius 3 is 2.20 bits per heavy atom. The summed E-state index contributed by atoms with van der Waals surface area (Å²) >= 11 is 0. The van der Waals surface area contributed by atoms with Crippen LogP contribution in [0, 0.1) is 45.3 Å². The van der Waals surface area contributed by atoms with Crippen LogP contribution >= 0.6 is 0 Å². The Balaban J connectivity index is 1.56. The molecule has 4 fully saturated rings. The van der Waals surface area contributed by atoms with E-state index in [0.717, 1.165) is 30.8 Å². The molecule has 198 valence electrons. The molecule has 4 rings (SSSR count). The predicted octanol–water partition coefficient (Wildman–Crippen LogP) is 7.88. The van der Waals surface area contributed by atoms with Gasteiger partial charge in [-0.2, -0.15) is 0 Å². The zero-order valence-corrected chi connectivity index (χ0v) is 23.7. The second-order valence-electron chi connectivity index (χ2n) is 14.3. The largest absolute Gasteiger partial charge is 0.462 e. The molecule has 0 bridgehead atoms. The summed E-state index contributed by atoms with van der Waals surface area (Å²) in [5.74, 6) is 2.50. The van der Waals surface area contributed by atoms with Crippen LogP contribution < -0.4 is 0 Å². The molecule has 35 heavy (non-hydrogen) atoms. The van der Waals surface area contributed by atoms with E-state index in [9.17, 15) is 9.90 Å². The van der Waals surface area contributed by atoms with Crippen molar-refractivity contribution >= 4 is 5.97 Å². The molecule has 3 heteroatoms. The van der Waals surface area contributed by atoms with Gasteiger partial charge in [-0.25, -0.2) is 0 Å². The van der Waals surface area contributed by atoms with Crippen LogP contribution in [0.1, 0.15) is 113 Å². The zero-order valence-electron chi connectivity index (χ0n) is 23.7. The normalized spacial score (nSPS) is 45.0. The molecule has 0 aromatic carbocycles. The lowest BCUT2D eigenvalue weighted by atomic mass is 9.35. The maximum absolute atomic E-state index is 11.8. The first kappa shape index (κ1) is 27.0. The molecule has 0 heterocycles. The topological polar surface area (TPSA) is 46.5 Å². The van der Waals surface area contributed by atoms with Crippen molar-refractivity contribution < 1.29 is 14.6 Å². The van der Waals surface area contributed by atoms with E-state index >= 15 is 0 Å². The Morgan fingerprint density at radius 1 is 0.914 bits per heavy atom. The number of carbonyl (C=O) groups excluding carboxylic acids is 1. The van der Waals surface area contributed by atoms with Gasteiger partial charge in [0.15, 0.2) is 0 Å². The summed E-state index contributed by atoms with van der Waals surface area (Å²) in [7, 11) is 0. The number of hydrogen-bond donors (Lipinski definition) is 1. The van der Waals surface area contributed by atoms with Gasteiger partial charge in [0.2, 0.25) is 0 Å². The van der Waals surface area contributed by atoms with Crippen molar-refractivity contribution in [2.24, 2.45) is 45.3 Å². The van der Waals surface area contributed by atoms with Gasteiger partial charge in [-0.1, -0.05) is 58.9 Å². The maximum Gasteiger partial charge on any atom is 0.302 e. The Kier molecular flexibility index (Phi) is 6.96. The summed E-state index contributed by atoms with van der Waals surface area (Å²) in [5, 5.41) is 10.3. The molecular weight excluding hydrogens is 432 g/mol. The number of esters is 1. The number of hydrogen-bond acceptors (Lipinski definition) is 3. The van der Waals surface area contributed by atoms with Gasteiger partial charge in [-0.3, -0.25) is 4.79 Å². The quantitative estimate of drug-likeness (QED) is 0.308. The fraction of sp³-hybridized carbons (Fsp3) is 0.844. The first-order valence-corrected chi connectivity index (χ1v) is 14.4. The van der Waals surface area contributed by atoms with E-state index < -0.39 is 6.10 Å². The predicted molar refractivity (Wildman–Crippen MR) is 144 cm³/mol. The summed E-state index contributed by atoms with van der Waals surface area (Å²) in [6.07, 6.45) is 11.2. The lowest BCUT2D eigenvalue weighted by molar-refractivity contribution is -0.226. The van der Waals surface area contributed by atoms with Gasteiger partial charge >= 0.3 is 5.97 Å². The van der Waals surface area contributed by atoms with Crippen LogP contribution in [-0.2, 0) is 9.53 Å². The third kappa shape index (κ3) is 4.07. The van der Waals surface area contributed by atoms with Gasteiger partial charge in [0, 0.05) is 12.3 Å². The van der Waals surface area contributed by atoms with Gasteiger partial charge in [-0.15, -0.1) is 0 Å². The van der Waals surface area contributed by atoms with Crippen molar-refractivity contribution in [3.8, 4) is 0 Å².